The molecule has 1 unspecified atom stereocenters. The zero-order chi connectivity index (χ0) is 15.9. The van der Waals surface area contributed by atoms with Crippen LogP contribution in [0.3, 0.4) is 0 Å². The van der Waals surface area contributed by atoms with Crippen molar-refractivity contribution in [2.75, 3.05) is 0 Å². The lowest BCUT2D eigenvalue weighted by molar-refractivity contribution is -0.135. The Morgan fingerprint density at radius 1 is 1.33 bits per heavy atom. The van der Waals surface area contributed by atoms with Gasteiger partial charge in [-0.05, 0) is 31.1 Å². The quantitative estimate of drug-likeness (QED) is 0.505. The number of amides is 1. The molecule has 1 atom stereocenters. The monoisotopic (exact) mass is 292 g/mol. The number of aliphatic carboxylic acids is 1. The van der Waals surface area contributed by atoms with E-state index < -0.39 is 5.97 Å². The highest BCUT2D eigenvalue weighted by Crippen LogP contribution is 2.51. The Labute approximate surface area is 126 Å². The van der Waals surface area contributed by atoms with Crippen LogP contribution in [0.4, 0.5) is 0 Å². The highest BCUT2D eigenvalue weighted by atomic mass is 16.4. The molecule has 1 amide bonds. The van der Waals surface area contributed by atoms with Crippen molar-refractivity contribution in [1.29, 1.82) is 5.26 Å². The van der Waals surface area contributed by atoms with Crippen molar-refractivity contribution in [1.82, 2.24) is 5.32 Å². The lowest BCUT2D eigenvalue weighted by atomic mass is 10.1. The van der Waals surface area contributed by atoms with Crippen LogP contribution in [0.1, 0.15) is 58.8 Å². The fourth-order valence-corrected chi connectivity index (χ4v) is 2.27. The summed E-state index contributed by atoms with van der Waals surface area (Å²) in [6.07, 6.45) is 7.30. The first kappa shape index (κ1) is 17.2. The van der Waals surface area contributed by atoms with E-state index in [1.165, 1.54) is 0 Å². The average molecular weight is 292 g/mol. The molecule has 0 aromatic rings. The van der Waals surface area contributed by atoms with Gasteiger partial charge in [-0.25, -0.2) is 4.79 Å². The summed E-state index contributed by atoms with van der Waals surface area (Å²) in [5.74, 6) is -1.36. The summed E-state index contributed by atoms with van der Waals surface area (Å²) >= 11 is 0. The number of hydrogen-bond donors (Lipinski definition) is 2. The predicted octanol–water partition coefficient (Wildman–Crippen LogP) is 2.98. The van der Waals surface area contributed by atoms with Gasteiger partial charge in [0.1, 0.15) is 5.70 Å². The molecule has 5 heteroatoms. The lowest BCUT2D eigenvalue weighted by Crippen LogP contribution is -2.29. The van der Waals surface area contributed by atoms with E-state index in [9.17, 15) is 9.59 Å². The fourth-order valence-electron chi connectivity index (χ4n) is 2.27. The number of nitriles is 1. The van der Waals surface area contributed by atoms with Gasteiger partial charge in [-0.15, -0.1) is 0 Å². The van der Waals surface area contributed by atoms with E-state index in [1.54, 1.807) is 6.08 Å². The molecule has 0 radical (unpaired) electrons. The second kappa shape index (κ2) is 7.82. The Morgan fingerprint density at radius 2 is 1.95 bits per heavy atom. The maximum absolute atomic E-state index is 11.9. The molecule has 0 aromatic heterocycles. The third kappa shape index (κ3) is 5.99. The molecule has 0 aromatic carbocycles. The maximum atomic E-state index is 11.9. The van der Waals surface area contributed by atoms with Gasteiger partial charge in [-0.2, -0.15) is 5.26 Å². The van der Waals surface area contributed by atoms with Crippen LogP contribution < -0.4 is 5.32 Å². The van der Waals surface area contributed by atoms with Crippen LogP contribution in [0.25, 0.3) is 0 Å². The standard InChI is InChI=1S/C16H24N2O3/c1-16(2)11-12(16)14(19)18-13(15(20)21)9-7-5-3-4-6-8-10-17/h9,12H,3-8,11H2,1-2H3,(H,18,19)(H,20,21). The van der Waals surface area contributed by atoms with Gasteiger partial charge in [0, 0.05) is 12.3 Å². The smallest absolute Gasteiger partial charge is 0.352 e. The highest BCUT2D eigenvalue weighted by molar-refractivity contribution is 5.94. The zero-order valence-electron chi connectivity index (χ0n) is 12.8. The molecular weight excluding hydrogens is 268 g/mol. The maximum Gasteiger partial charge on any atom is 0.352 e. The molecular formula is C16H24N2O3. The Morgan fingerprint density at radius 3 is 2.48 bits per heavy atom. The average Bonchev–Trinajstić information content (AvgIpc) is 3.05. The van der Waals surface area contributed by atoms with Crippen LogP contribution in [-0.4, -0.2) is 17.0 Å². The molecule has 1 rings (SSSR count). The summed E-state index contributed by atoms with van der Waals surface area (Å²) in [6, 6.07) is 2.10. The van der Waals surface area contributed by atoms with Crippen molar-refractivity contribution >= 4 is 11.9 Å². The van der Waals surface area contributed by atoms with Gasteiger partial charge in [-0.3, -0.25) is 4.79 Å². The molecule has 0 spiro atoms. The molecule has 116 valence electrons. The summed E-state index contributed by atoms with van der Waals surface area (Å²) in [6.45, 7) is 4.01. The molecule has 21 heavy (non-hydrogen) atoms. The van der Waals surface area contributed by atoms with Crippen LogP contribution in [-0.2, 0) is 9.59 Å². The molecule has 1 fully saturated rings. The second-order valence-corrected chi connectivity index (χ2v) is 6.27. The van der Waals surface area contributed by atoms with Crippen molar-refractivity contribution in [2.24, 2.45) is 11.3 Å². The molecule has 5 nitrogen and oxygen atoms in total. The molecule has 0 saturated heterocycles. The van der Waals surface area contributed by atoms with Gasteiger partial charge in [0.25, 0.3) is 0 Å². The highest BCUT2D eigenvalue weighted by Gasteiger charge is 2.50. The van der Waals surface area contributed by atoms with Crippen molar-refractivity contribution in [2.45, 2.75) is 58.8 Å². The minimum atomic E-state index is -1.09. The minimum absolute atomic E-state index is 0.00552. The first-order valence-electron chi connectivity index (χ1n) is 7.50. The molecule has 0 bridgehead atoms. The first-order valence-corrected chi connectivity index (χ1v) is 7.50. The fraction of sp³-hybridized carbons (Fsp3) is 0.688. The van der Waals surface area contributed by atoms with E-state index in [4.69, 9.17) is 10.4 Å². The third-order valence-electron chi connectivity index (χ3n) is 3.91. The largest absolute Gasteiger partial charge is 0.477 e. The minimum Gasteiger partial charge on any atom is -0.477 e. The van der Waals surface area contributed by atoms with Crippen molar-refractivity contribution in [3.05, 3.63) is 11.8 Å². The molecule has 2 N–H and O–H groups in total. The lowest BCUT2D eigenvalue weighted by Gasteiger charge is -2.07. The Kier molecular flexibility index (Phi) is 6.41. The van der Waals surface area contributed by atoms with E-state index in [0.717, 1.165) is 32.1 Å². The van der Waals surface area contributed by atoms with E-state index in [2.05, 4.69) is 11.4 Å². The van der Waals surface area contributed by atoms with Gasteiger partial charge >= 0.3 is 5.97 Å². The summed E-state index contributed by atoms with van der Waals surface area (Å²) < 4.78 is 0. The van der Waals surface area contributed by atoms with Gasteiger partial charge in [0.15, 0.2) is 0 Å². The third-order valence-corrected chi connectivity index (χ3v) is 3.91. The van der Waals surface area contributed by atoms with E-state index in [1.807, 2.05) is 13.8 Å². The molecule has 1 aliphatic rings. The zero-order valence-corrected chi connectivity index (χ0v) is 12.8. The van der Waals surface area contributed by atoms with E-state index in [-0.39, 0.29) is 22.9 Å². The second-order valence-electron chi connectivity index (χ2n) is 6.27. The number of nitrogens with zero attached hydrogens (tertiary/aromatic N) is 1. The Balaban J connectivity index is 2.32. The van der Waals surface area contributed by atoms with Crippen molar-refractivity contribution < 1.29 is 14.7 Å². The van der Waals surface area contributed by atoms with Gasteiger partial charge in [0.2, 0.25) is 5.91 Å². The predicted molar refractivity (Wildman–Crippen MR) is 79.1 cm³/mol. The number of carboxylic acid groups (broad SMARTS) is 1. The van der Waals surface area contributed by atoms with Gasteiger partial charge in [-0.1, -0.05) is 32.8 Å². The molecule has 1 saturated carbocycles. The Hall–Kier alpha value is -1.83. The summed E-state index contributed by atoms with van der Waals surface area (Å²) in [4.78, 5) is 23.0. The van der Waals surface area contributed by atoms with Crippen LogP contribution in [0.15, 0.2) is 11.8 Å². The number of carbonyl (C=O) groups is 2. The molecule has 1 aliphatic carbocycles. The van der Waals surface area contributed by atoms with Gasteiger partial charge in [0.05, 0.1) is 6.07 Å². The number of carboxylic acids is 1. The number of unbranched alkanes of at least 4 members (excludes halogenated alkanes) is 5. The molecule has 0 heterocycles. The van der Waals surface area contributed by atoms with Crippen LogP contribution in [0.2, 0.25) is 0 Å². The summed E-state index contributed by atoms with van der Waals surface area (Å²) in [7, 11) is 0. The SMILES string of the molecule is CC1(C)CC1C(=O)NC(=CCCCCCCC#N)C(=O)O. The van der Waals surface area contributed by atoms with Gasteiger partial charge < -0.3 is 10.4 Å². The first-order chi connectivity index (χ1) is 9.88. The normalized spacial score (nSPS) is 19.7. The van der Waals surface area contributed by atoms with Crippen LogP contribution in [0.5, 0.6) is 0 Å². The number of allylic oxidation sites excluding steroid dienone is 1. The summed E-state index contributed by atoms with van der Waals surface area (Å²) in [5, 5.41) is 20.0. The van der Waals surface area contributed by atoms with Crippen molar-refractivity contribution in [3.63, 3.8) is 0 Å². The number of rotatable bonds is 9. The topological polar surface area (TPSA) is 90.2 Å². The number of nitrogens with one attached hydrogen (secondary N) is 1. The van der Waals surface area contributed by atoms with Crippen molar-refractivity contribution in [3.8, 4) is 6.07 Å². The van der Waals surface area contributed by atoms with E-state index >= 15 is 0 Å². The van der Waals surface area contributed by atoms with Crippen LogP contribution in [0, 0.1) is 22.7 Å². The Bertz CT molecular complexity index is 461. The molecule has 0 aliphatic heterocycles. The number of hydrogen-bond acceptors (Lipinski definition) is 3. The van der Waals surface area contributed by atoms with E-state index in [0.29, 0.717) is 12.8 Å². The number of carbonyl (C=O) groups excluding carboxylic acids is 1. The van der Waals surface area contributed by atoms with Crippen LogP contribution >= 0.6 is 0 Å². The summed E-state index contributed by atoms with van der Waals surface area (Å²) in [5.41, 5.74) is -0.0197.